The van der Waals surface area contributed by atoms with Crippen LogP contribution in [0.25, 0.3) is 0 Å². The largest absolute Gasteiger partial charge is 0.461 e. The van der Waals surface area contributed by atoms with Crippen molar-refractivity contribution in [3.05, 3.63) is 41.7 Å². The van der Waals surface area contributed by atoms with Crippen LogP contribution in [0.3, 0.4) is 0 Å². The molecule has 32 heavy (non-hydrogen) atoms. The first kappa shape index (κ1) is 27.7. The van der Waals surface area contributed by atoms with Gasteiger partial charge in [0.15, 0.2) is 11.6 Å². The molecule has 8 heteroatoms. The van der Waals surface area contributed by atoms with Gasteiger partial charge in [0.2, 0.25) is 0 Å². The van der Waals surface area contributed by atoms with Gasteiger partial charge in [0.1, 0.15) is 6.61 Å². The second kappa shape index (κ2) is 15.4. The van der Waals surface area contributed by atoms with Gasteiger partial charge < -0.3 is 9.47 Å². The van der Waals surface area contributed by atoms with Crippen LogP contribution < -0.4 is 4.74 Å². The van der Waals surface area contributed by atoms with Crippen molar-refractivity contribution < 1.29 is 36.6 Å². The van der Waals surface area contributed by atoms with E-state index < -0.39 is 35.2 Å². The number of halogens is 4. The summed E-state index contributed by atoms with van der Waals surface area (Å²) >= 11 is 0. The van der Waals surface area contributed by atoms with Crippen molar-refractivity contribution in [1.82, 2.24) is 0 Å². The summed E-state index contributed by atoms with van der Waals surface area (Å²) in [6, 6.07) is 2.45. The molecule has 0 aliphatic rings. The maximum Gasteiger partial charge on any atom is 0.419 e. The molecule has 0 aromatic heterocycles. The zero-order chi connectivity index (χ0) is 23.8. The number of alkyl halides is 3. The number of allylic oxidation sites excluding steroid dienone is 1. The maximum absolute atomic E-state index is 13.8. The van der Waals surface area contributed by atoms with E-state index in [1.807, 2.05) is 6.08 Å². The van der Waals surface area contributed by atoms with Gasteiger partial charge in [-0.15, -0.1) is 0 Å². The van der Waals surface area contributed by atoms with E-state index in [1.165, 1.54) is 38.5 Å². The number of carbonyl (C=O) groups is 2. The van der Waals surface area contributed by atoms with Crippen LogP contribution in [0.2, 0.25) is 0 Å². The monoisotopic (exact) mass is 460 g/mol. The third-order valence-electron chi connectivity index (χ3n) is 4.74. The van der Waals surface area contributed by atoms with Crippen LogP contribution in [0.15, 0.2) is 30.4 Å². The molecule has 1 aromatic rings. The van der Waals surface area contributed by atoms with E-state index in [0.717, 1.165) is 25.0 Å². The molecule has 4 nitrogen and oxygen atoms in total. The summed E-state index contributed by atoms with van der Waals surface area (Å²) in [5, 5.41) is 0. The molecule has 0 aliphatic heterocycles. The summed E-state index contributed by atoms with van der Waals surface area (Å²) in [6.07, 6.45) is 8.21. The molecule has 1 aromatic carbocycles. The molecular formula is C24H32F4O4. The molecule has 0 radical (unpaired) electrons. The minimum Gasteiger partial charge on any atom is -0.461 e. The lowest BCUT2D eigenvalue weighted by Gasteiger charge is -2.11. The number of esters is 2. The molecular weight excluding hydrogens is 428 g/mol. The van der Waals surface area contributed by atoms with E-state index in [2.05, 4.69) is 11.7 Å². The molecule has 180 valence electrons. The summed E-state index contributed by atoms with van der Waals surface area (Å²) in [5.74, 6) is -3.86. The summed E-state index contributed by atoms with van der Waals surface area (Å²) in [6.45, 7) is 2.34. The van der Waals surface area contributed by atoms with Crippen molar-refractivity contribution in [2.75, 3.05) is 6.61 Å². The number of ether oxygens (including phenoxy) is 2. The fraction of sp³-hybridized carbons (Fsp3) is 0.583. The molecule has 0 aliphatic carbocycles. The summed E-state index contributed by atoms with van der Waals surface area (Å²) in [5.41, 5.74) is -1.51. The molecule has 0 fully saturated rings. The first-order valence-electron chi connectivity index (χ1n) is 11.1. The second-order valence-electron chi connectivity index (χ2n) is 7.51. The molecule has 0 N–H and O–H groups in total. The number of unbranched alkanes of at least 4 members (excludes halogenated alkanes) is 7. The van der Waals surface area contributed by atoms with Crippen LogP contribution in [-0.2, 0) is 20.5 Å². The van der Waals surface area contributed by atoms with Gasteiger partial charge in [0.25, 0.3) is 0 Å². The van der Waals surface area contributed by atoms with E-state index in [1.54, 1.807) is 6.08 Å². The molecule has 0 unspecified atom stereocenters. The lowest BCUT2D eigenvalue weighted by Crippen LogP contribution is -2.13. The SMILES string of the molecule is CCCCCCCCC/C=C/COC(=O)CCCC(=O)Oc1cccc(C(F)(F)F)c1F. The highest BCUT2D eigenvalue weighted by Crippen LogP contribution is 2.34. The van der Waals surface area contributed by atoms with Gasteiger partial charge >= 0.3 is 18.1 Å². The Morgan fingerprint density at radius 2 is 1.56 bits per heavy atom. The van der Waals surface area contributed by atoms with Crippen LogP contribution in [0, 0.1) is 5.82 Å². The summed E-state index contributed by atoms with van der Waals surface area (Å²) in [4.78, 5) is 23.4. The first-order chi connectivity index (χ1) is 15.3. The fourth-order valence-electron chi connectivity index (χ4n) is 2.98. The minimum absolute atomic E-state index is 0.0498. The number of hydrogen-bond acceptors (Lipinski definition) is 4. The fourth-order valence-corrected chi connectivity index (χ4v) is 2.98. The van der Waals surface area contributed by atoms with Gasteiger partial charge in [-0.1, -0.05) is 63.7 Å². The number of hydrogen-bond donors (Lipinski definition) is 0. The highest BCUT2D eigenvalue weighted by atomic mass is 19.4. The van der Waals surface area contributed by atoms with Crippen LogP contribution in [0.4, 0.5) is 17.6 Å². The number of carbonyl (C=O) groups excluding carboxylic acids is 2. The Labute approximate surface area is 187 Å². The molecule has 0 saturated carbocycles. The molecule has 0 heterocycles. The summed E-state index contributed by atoms with van der Waals surface area (Å²) < 4.78 is 61.6. The van der Waals surface area contributed by atoms with E-state index in [9.17, 15) is 27.2 Å². The molecule has 0 atom stereocenters. The predicted molar refractivity (Wildman–Crippen MR) is 114 cm³/mol. The second-order valence-corrected chi connectivity index (χ2v) is 7.51. The minimum atomic E-state index is -4.89. The van der Waals surface area contributed by atoms with Gasteiger partial charge in [-0.2, -0.15) is 13.2 Å². The van der Waals surface area contributed by atoms with Gasteiger partial charge in [0, 0.05) is 12.8 Å². The normalized spacial score (nSPS) is 11.7. The van der Waals surface area contributed by atoms with Crippen molar-refractivity contribution in [2.24, 2.45) is 0 Å². The van der Waals surface area contributed by atoms with Crippen molar-refractivity contribution in [1.29, 1.82) is 0 Å². The highest BCUT2D eigenvalue weighted by Gasteiger charge is 2.35. The van der Waals surface area contributed by atoms with Crippen molar-refractivity contribution in [2.45, 2.75) is 83.7 Å². The lowest BCUT2D eigenvalue weighted by atomic mass is 10.1. The van der Waals surface area contributed by atoms with Crippen LogP contribution in [0.1, 0.15) is 83.1 Å². The van der Waals surface area contributed by atoms with E-state index in [4.69, 9.17) is 4.74 Å². The highest BCUT2D eigenvalue weighted by molar-refractivity contribution is 5.74. The Hall–Kier alpha value is -2.38. The standard InChI is InChI=1S/C24H32F4O4/c1-2-3-4-5-6-7-8-9-10-11-18-31-21(29)16-13-17-22(30)32-20-15-12-14-19(23(20)25)24(26,27)28/h10-12,14-15H,2-9,13,16-18H2,1H3/b11-10+. The van der Waals surface area contributed by atoms with Crippen molar-refractivity contribution in [3.63, 3.8) is 0 Å². The Kier molecular flexibility index (Phi) is 13.3. The predicted octanol–water partition coefficient (Wildman–Crippen LogP) is 7.16. The third-order valence-corrected chi connectivity index (χ3v) is 4.74. The molecule has 0 spiro atoms. The summed E-state index contributed by atoms with van der Waals surface area (Å²) in [7, 11) is 0. The average Bonchev–Trinajstić information content (AvgIpc) is 2.72. The van der Waals surface area contributed by atoms with Gasteiger partial charge in [0.05, 0.1) is 5.56 Å². The Morgan fingerprint density at radius 3 is 2.25 bits per heavy atom. The Balaban J connectivity index is 2.16. The van der Waals surface area contributed by atoms with Gasteiger partial charge in [-0.05, 0) is 31.4 Å². The topological polar surface area (TPSA) is 52.6 Å². The van der Waals surface area contributed by atoms with Crippen LogP contribution in [-0.4, -0.2) is 18.5 Å². The molecule has 0 bridgehead atoms. The quantitative estimate of drug-likeness (QED) is 0.0916. The van der Waals surface area contributed by atoms with Crippen molar-refractivity contribution >= 4 is 11.9 Å². The average molecular weight is 461 g/mol. The maximum atomic E-state index is 13.8. The lowest BCUT2D eigenvalue weighted by molar-refractivity contribution is -0.143. The van der Waals surface area contributed by atoms with Gasteiger partial charge in [-0.3, -0.25) is 9.59 Å². The van der Waals surface area contributed by atoms with Crippen LogP contribution >= 0.6 is 0 Å². The zero-order valence-electron chi connectivity index (χ0n) is 18.5. The number of benzene rings is 1. The molecule has 1 rings (SSSR count). The number of rotatable bonds is 15. The third kappa shape index (κ3) is 11.9. The Morgan fingerprint density at radius 1 is 0.906 bits per heavy atom. The molecule has 0 saturated heterocycles. The van der Waals surface area contributed by atoms with Crippen molar-refractivity contribution in [3.8, 4) is 5.75 Å². The molecule has 0 amide bonds. The van der Waals surface area contributed by atoms with E-state index in [-0.39, 0.29) is 25.9 Å². The van der Waals surface area contributed by atoms with Crippen LogP contribution in [0.5, 0.6) is 5.75 Å². The smallest absolute Gasteiger partial charge is 0.419 e. The van der Waals surface area contributed by atoms with E-state index in [0.29, 0.717) is 6.07 Å². The van der Waals surface area contributed by atoms with E-state index >= 15 is 0 Å². The zero-order valence-corrected chi connectivity index (χ0v) is 18.5. The Bertz CT molecular complexity index is 729. The van der Waals surface area contributed by atoms with Gasteiger partial charge in [-0.25, -0.2) is 4.39 Å². The first-order valence-corrected chi connectivity index (χ1v) is 11.1.